The number of thioether (sulfide) groups is 1. The summed E-state index contributed by atoms with van der Waals surface area (Å²) >= 11 is 1.97. The van der Waals surface area contributed by atoms with Crippen LogP contribution in [0.1, 0.15) is 18.9 Å². The molecule has 0 aromatic heterocycles. The van der Waals surface area contributed by atoms with E-state index in [2.05, 4.69) is 24.0 Å². The fraction of sp³-hybridized carbons (Fsp3) is 0.417. The minimum Gasteiger partial charge on any atom is -0.292 e. The third-order valence-electron chi connectivity index (χ3n) is 1.75. The molecule has 0 heterocycles. The fourth-order valence-electron chi connectivity index (χ4n) is 1.07. The zero-order chi connectivity index (χ0) is 10.1. The van der Waals surface area contributed by atoms with Crippen LogP contribution in [0.2, 0.25) is 0 Å². The lowest BCUT2D eigenvalue weighted by molar-refractivity contribution is 1.09. The Hall–Kier alpha value is -0.760. The maximum atomic E-state index is 4.37. The van der Waals surface area contributed by atoms with Crippen molar-refractivity contribution >= 4 is 18.0 Å². The molecule has 1 nitrogen and oxygen atoms in total. The molecule has 1 rings (SSSR count). The first-order valence-electron chi connectivity index (χ1n) is 5.06. The Bertz CT molecular complexity index is 256. The van der Waals surface area contributed by atoms with Crippen molar-refractivity contribution in [3.8, 4) is 0 Å². The molecule has 0 amide bonds. The molecular weight excluding hydrogens is 190 g/mol. The molecule has 14 heavy (non-hydrogen) atoms. The average molecular weight is 207 g/mol. The van der Waals surface area contributed by atoms with Crippen molar-refractivity contribution in [1.82, 2.24) is 0 Å². The van der Waals surface area contributed by atoms with Gasteiger partial charge >= 0.3 is 0 Å². The maximum Gasteiger partial charge on any atom is 0.0480 e. The van der Waals surface area contributed by atoms with Crippen molar-refractivity contribution < 1.29 is 0 Å². The molecule has 0 N–H and O–H groups in total. The van der Waals surface area contributed by atoms with Gasteiger partial charge in [0.2, 0.25) is 0 Å². The first kappa shape index (κ1) is 11.3. The van der Waals surface area contributed by atoms with Crippen molar-refractivity contribution in [2.24, 2.45) is 4.99 Å². The lowest BCUT2D eigenvalue weighted by Crippen LogP contribution is -1.88. The molecule has 0 aliphatic carbocycles. The van der Waals surface area contributed by atoms with Crippen molar-refractivity contribution in [2.45, 2.75) is 13.3 Å². The lowest BCUT2D eigenvalue weighted by atomic mass is 10.2. The summed E-state index contributed by atoms with van der Waals surface area (Å²) in [5.74, 6) is 2.39. The van der Waals surface area contributed by atoms with Crippen LogP contribution in [0.15, 0.2) is 35.3 Å². The molecule has 0 saturated carbocycles. The Balaban J connectivity index is 2.15. The Morgan fingerprint density at radius 2 is 2.00 bits per heavy atom. The molecule has 0 spiro atoms. The van der Waals surface area contributed by atoms with E-state index in [1.807, 2.05) is 36.2 Å². The first-order chi connectivity index (χ1) is 6.93. The number of rotatable bonds is 6. The molecule has 0 saturated heterocycles. The van der Waals surface area contributed by atoms with E-state index < -0.39 is 0 Å². The molecule has 0 atom stereocenters. The first-order valence-corrected chi connectivity index (χ1v) is 6.21. The van der Waals surface area contributed by atoms with Gasteiger partial charge in [0.25, 0.3) is 0 Å². The van der Waals surface area contributed by atoms with Gasteiger partial charge in [-0.05, 0) is 17.7 Å². The molecule has 0 fully saturated rings. The van der Waals surface area contributed by atoms with Crippen LogP contribution in [0.25, 0.3) is 0 Å². The van der Waals surface area contributed by atoms with Crippen LogP contribution in [0, 0.1) is 0 Å². The van der Waals surface area contributed by atoms with E-state index in [1.54, 1.807) is 0 Å². The summed E-state index contributed by atoms with van der Waals surface area (Å²) in [6, 6.07) is 10.2. The minimum atomic E-state index is 0.930. The monoisotopic (exact) mass is 207 g/mol. The normalized spacial score (nSPS) is 10.9. The van der Waals surface area contributed by atoms with E-state index in [0.717, 1.165) is 12.3 Å². The minimum absolute atomic E-state index is 0.930. The topological polar surface area (TPSA) is 12.4 Å². The highest BCUT2D eigenvalue weighted by Crippen LogP contribution is 2.01. The standard InChI is InChI=1S/C12H17NS/c1-2-9-14-10-8-13-11-12-6-4-3-5-7-12/h3-7,11H,2,8-10H2,1H3. The molecule has 0 unspecified atom stereocenters. The van der Waals surface area contributed by atoms with Gasteiger partial charge in [0.1, 0.15) is 0 Å². The zero-order valence-electron chi connectivity index (χ0n) is 8.65. The van der Waals surface area contributed by atoms with Crippen molar-refractivity contribution in [2.75, 3.05) is 18.1 Å². The van der Waals surface area contributed by atoms with Crippen molar-refractivity contribution in [3.05, 3.63) is 35.9 Å². The number of benzene rings is 1. The maximum absolute atomic E-state index is 4.37. The molecule has 76 valence electrons. The Kier molecular flexibility index (Phi) is 6.16. The van der Waals surface area contributed by atoms with Crippen LogP contribution in [0.5, 0.6) is 0 Å². The van der Waals surface area contributed by atoms with Crippen LogP contribution in [0.4, 0.5) is 0 Å². The third-order valence-corrected chi connectivity index (χ3v) is 2.92. The molecular formula is C12H17NS. The predicted molar refractivity (Wildman–Crippen MR) is 66.5 cm³/mol. The number of nitrogens with zero attached hydrogens (tertiary/aromatic N) is 1. The van der Waals surface area contributed by atoms with E-state index in [1.165, 1.54) is 17.7 Å². The van der Waals surface area contributed by atoms with Crippen molar-refractivity contribution in [3.63, 3.8) is 0 Å². The summed E-state index contributed by atoms with van der Waals surface area (Å²) < 4.78 is 0. The van der Waals surface area contributed by atoms with E-state index >= 15 is 0 Å². The van der Waals surface area contributed by atoms with Crippen LogP contribution in [-0.4, -0.2) is 24.3 Å². The van der Waals surface area contributed by atoms with Gasteiger partial charge in [0.05, 0.1) is 0 Å². The summed E-state index contributed by atoms with van der Waals surface area (Å²) in [6.45, 7) is 3.14. The van der Waals surface area contributed by atoms with E-state index in [0.29, 0.717) is 0 Å². The SMILES string of the molecule is CCCSCCN=Cc1ccccc1. The second-order valence-electron chi connectivity index (χ2n) is 3.06. The quantitative estimate of drug-likeness (QED) is 0.515. The van der Waals surface area contributed by atoms with Crippen LogP contribution in [-0.2, 0) is 0 Å². The van der Waals surface area contributed by atoms with Gasteiger partial charge in [-0.3, -0.25) is 4.99 Å². The second kappa shape index (κ2) is 7.63. The smallest absolute Gasteiger partial charge is 0.0480 e. The molecule has 0 aliphatic heterocycles. The highest BCUT2D eigenvalue weighted by atomic mass is 32.2. The van der Waals surface area contributed by atoms with Gasteiger partial charge < -0.3 is 0 Å². The summed E-state index contributed by atoms with van der Waals surface area (Å²) in [5, 5.41) is 0. The molecule has 1 aromatic carbocycles. The average Bonchev–Trinajstić information content (AvgIpc) is 2.25. The van der Waals surface area contributed by atoms with Crippen LogP contribution >= 0.6 is 11.8 Å². The van der Waals surface area contributed by atoms with E-state index in [4.69, 9.17) is 0 Å². The van der Waals surface area contributed by atoms with E-state index in [-0.39, 0.29) is 0 Å². The summed E-state index contributed by atoms with van der Waals surface area (Å²) in [4.78, 5) is 4.37. The zero-order valence-corrected chi connectivity index (χ0v) is 9.46. The Morgan fingerprint density at radius 1 is 1.21 bits per heavy atom. The Labute approximate surface area is 90.6 Å². The highest BCUT2D eigenvalue weighted by molar-refractivity contribution is 7.99. The summed E-state index contributed by atoms with van der Waals surface area (Å²) in [7, 11) is 0. The van der Waals surface area contributed by atoms with Gasteiger partial charge in [-0.15, -0.1) is 0 Å². The lowest BCUT2D eigenvalue weighted by Gasteiger charge is -1.95. The van der Waals surface area contributed by atoms with Gasteiger partial charge in [-0.1, -0.05) is 37.3 Å². The molecule has 0 aliphatic rings. The van der Waals surface area contributed by atoms with Crippen LogP contribution < -0.4 is 0 Å². The van der Waals surface area contributed by atoms with Gasteiger partial charge in [0.15, 0.2) is 0 Å². The number of hydrogen-bond acceptors (Lipinski definition) is 2. The molecule has 1 aromatic rings. The molecule has 0 radical (unpaired) electrons. The van der Waals surface area contributed by atoms with Crippen LogP contribution in [0.3, 0.4) is 0 Å². The number of aliphatic imine (C=N–C) groups is 1. The van der Waals surface area contributed by atoms with Gasteiger partial charge in [-0.25, -0.2) is 0 Å². The van der Waals surface area contributed by atoms with E-state index in [9.17, 15) is 0 Å². The van der Waals surface area contributed by atoms with Gasteiger partial charge in [0, 0.05) is 18.5 Å². The molecule has 0 bridgehead atoms. The fourth-order valence-corrected chi connectivity index (χ4v) is 1.80. The highest BCUT2D eigenvalue weighted by Gasteiger charge is 1.85. The predicted octanol–water partition coefficient (Wildman–Crippen LogP) is 3.25. The van der Waals surface area contributed by atoms with Gasteiger partial charge in [-0.2, -0.15) is 11.8 Å². The third kappa shape index (κ3) is 5.07. The Morgan fingerprint density at radius 3 is 2.71 bits per heavy atom. The summed E-state index contributed by atoms with van der Waals surface area (Å²) in [6.07, 6.45) is 3.21. The largest absolute Gasteiger partial charge is 0.292 e. The number of hydrogen-bond donors (Lipinski definition) is 0. The van der Waals surface area contributed by atoms with Crippen molar-refractivity contribution in [1.29, 1.82) is 0 Å². The second-order valence-corrected chi connectivity index (χ2v) is 4.28. The molecule has 2 heteroatoms. The summed E-state index contributed by atoms with van der Waals surface area (Å²) in [5.41, 5.74) is 1.19.